The molecule has 1 aliphatic rings. The van der Waals surface area contributed by atoms with E-state index >= 15 is 0 Å². The molecule has 1 heterocycles. The van der Waals surface area contributed by atoms with Gasteiger partial charge in [0.25, 0.3) is 6.47 Å². The summed E-state index contributed by atoms with van der Waals surface area (Å²) in [7, 11) is 0. The Hall–Kier alpha value is -2.77. The number of carbonyl (C=O) groups excluding carboxylic acids is 1. The summed E-state index contributed by atoms with van der Waals surface area (Å²) in [6.07, 6.45) is 5.16. The summed E-state index contributed by atoms with van der Waals surface area (Å²) in [4.78, 5) is 18.7. The van der Waals surface area contributed by atoms with Gasteiger partial charge in [0.15, 0.2) is 11.5 Å². The molecule has 0 saturated heterocycles. The van der Waals surface area contributed by atoms with E-state index in [1.165, 1.54) is 18.5 Å². The van der Waals surface area contributed by atoms with Gasteiger partial charge in [-0.25, -0.2) is 4.98 Å². The number of halogens is 2. The molecular weight excluding hydrogens is 334 g/mol. The Balaban J connectivity index is 1.84. The maximum atomic E-state index is 12.6. The SMILES string of the molecule is O=COCc1cncc(-c2ccc(OC(F)F)c(OCC3CC3)c2)n1. The Bertz CT molecular complexity index is 738. The third-order valence-electron chi connectivity index (χ3n) is 3.61. The number of alkyl halides is 2. The monoisotopic (exact) mass is 350 g/mol. The summed E-state index contributed by atoms with van der Waals surface area (Å²) in [6, 6.07) is 4.60. The van der Waals surface area contributed by atoms with Crippen LogP contribution in [0.4, 0.5) is 8.78 Å². The van der Waals surface area contributed by atoms with Gasteiger partial charge >= 0.3 is 6.61 Å². The van der Waals surface area contributed by atoms with E-state index in [1.54, 1.807) is 12.1 Å². The average molecular weight is 350 g/mol. The second kappa shape index (κ2) is 7.87. The van der Waals surface area contributed by atoms with E-state index in [-0.39, 0.29) is 18.1 Å². The van der Waals surface area contributed by atoms with Crippen molar-refractivity contribution < 1.29 is 27.8 Å². The van der Waals surface area contributed by atoms with Crippen molar-refractivity contribution in [2.24, 2.45) is 5.92 Å². The molecule has 25 heavy (non-hydrogen) atoms. The molecule has 0 spiro atoms. The van der Waals surface area contributed by atoms with E-state index in [0.717, 1.165) is 12.8 Å². The second-order valence-corrected chi connectivity index (χ2v) is 5.60. The van der Waals surface area contributed by atoms with Crippen molar-refractivity contribution >= 4 is 6.47 Å². The lowest BCUT2D eigenvalue weighted by atomic mass is 10.1. The molecule has 0 aliphatic heterocycles. The number of aromatic nitrogens is 2. The van der Waals surface area contributed by atoms with Crippen molar-refractivity contribution in [2.75, 3.05) is 6.61 Å². The van der Waals surface area contributed by atoms with Crippen LogP contribution in [0.3, 0.4) is 0 Å². The highest BCUT2D eigenvalue weighted by molar-refractivity contribution is 5.63. The topological polar surface area (TPSA) is 70.5 Å². The molecule has 8 heteroatoms. The first-order valence-electron chi connectivity index (χ1n) is 7.74. The fourth-order valence-electron chi connectivity index (χ4n) is 2.20. The van der Waals surface area contributed by atoms with Gasteiger partial charge in [-0.05, 0) is 37.0 Å². The third kappa shape index (κ3) is 4.85. The maximum Gasteiger partial charge on any atom is 0.387 e. The van der Waals surface area contributed by atoms with Crippen LogP contribution >= 0.6 is 0 Å². The van der Waals surface area contributed by atoms with Gasteiger partial charge in [-0.1, -0.05) is 0 Å². The number of ether oxygens (including phenoxy) is 3. The highest BCUT2D eigenvalue weighted by atomic mass is 19.3. The van der Waals surface area contributed by atoms with E-state index in [1.807, 2.05) is 0 Å². The lowest BCUT2D eigenvalue weighted by Crippen LogP contribution is -2.06. The van der Waals surface area contributed by atoms with Crippen molar-refractivity contribution in [2.45, 2.75) is 26.1 Å². The van der Waals surface area contributed by atoms with E-state index in [9.17, 15) is 13.6 Å². The Labute approximate surface area is 142 Å². The summed E-state index contributed by atoms with van der Waals surface area (Å²) in [5.41, 5.74) is 1.61. The van der Waals surface area contributed by atoms with Gasteiger partial charge in [-0.15, -0.1) is 0 Å². The fourth-order valence-corrected chi connectivity index (χ4v) is 2.20. The van der Waals surface area contributed by atoms with Gasteiger partial charge in [0.2, 0.25) is 0 Å². The molecule has 1 fully saturated rings. The minimum absolute atomic E-state index is 0.00194. The standard InChI is InChI=1S/C17H16F2N2O4/c18-17(19)25-15-4-3-12(5-16(15)24-8-11-1-2-11)14-7-20-6-13(21-14)9-23-10-22/h3-7,10-11,17H,1-2,8-9H2. The van der Waals surface area contributed by atoms with Crippen molar-refractivity contribution in [1.29, 1.82) is 0 Å². The maximum absolute atomic E-state index is 12.6. The third-order valence-corrected chi connectivity index (χ3v) is 3.61. The van der Waals surface area contributed by atoms with Gasteiger partial charge in [0.05, 0.1) is 30.4 Å². The first kappa shape index (κ1) is 17.1. The molecule has 1 saturated carbocycles. The van der Waals surface area contributed by atoms with E-state index in [4.69, 9.17) is 4.74 Å². The van der Waals surface area contributed by atoms with Gasteiger partial charge in [-0.2, -0.15) is 8.78 Å². The normalized spacial score (nSPS) is 13.6. The number of benzene rings is 1. The van der Waals surface area contributed by atoms with Gasteiger partial charge in [0.1, 0.15) is 6.61 Å². The molecule has 0 radical (unpaired) electrons. The smallest absolute Gasteiger partial charge is 0.387 e. The summed E-state index contributed by atoms with van der Waals surface area (Å²) in [6.45, 7) is -2.14. The molecule has 132 valence electrons. The molecule has 0 unspecified atom stereocenters. The molecule has 0 atom stereocenters. The summed E-state index contributed by atoms with van der Waals surface area (Å²) >= 11 is 0. The predicted molar refractivity (Wildman–Crippen MR) is 83.2 cm³/mol. The zero-order chi connectivity index (χ0) is 17.6. The molecule has 1 aromatic heterocycles. The highest BCUT2D eigenvalue weighted by Gasteiger charge is 2.23. The van der Waals surface area contributed by atoms with Gasteiger partial charge < -0.3 is 14.2 Å². The van der Waals surface area contributed by atoms with Gasteiger partial charge in [0, 0.05) is 5.56 Å². The van der Waals surface area contributed by atoms with E-state index < -0.39 is 6.61 Å². The molecule has 1 aliphatic carbocycles. The molecule has 1 aromatic carbocycles. The van der Waals surface area contributed by atoms with Crippen LogP contribution in [-0.2, 0) is 16.1 Å². The molecule has 0 amide bonds. The highest BCUT2D eigenvalue weighted by Crippen LogP contribution is 2.36. The number of hydrogen-bond acceptors (Lipinski definition) is 6. The van der Waals surface area contributed by atoms with Crippen LogP contribution in [0, 0.1) is 5.92 Å². The average Bonchev–Trinajstić information content (AvgIpc) is 3.43. The second-order valence-electron chi connectivity index (χ2n) is 5.60. The Morgan fingerprint density at radius 1 is 1.24 bits per heavy atom. The van der Waals surface area contributed by atoms with Crippen LogP contribution in [0.2, 0.25) is 0 Å². The Morgan fingerprint density at radius 3 is 2.80 bits per heavy atom. The first-order valence-corrected chi connectivity index (χ1v) is 7.74. The molecule has 3 rings (SSSR count). The number of rotatable bonds is 9. The fraction of sp³-hybridized carbons (Fsp3) is 0.353. The molecule has 0 bridgehead atoms. The lowest BCUT2D eigenvalue weighted by Gasteiger charge is -2.13. The largest absolute Gasteiger partial charge is 0.489 e. The van der Waals surface area contributed by atoms with Crippen molar-refractivity contribution in [3.8, 4) is 22.8 Å². The molecule has 6 nitrogen and oxygen atoms in total. The van der Waals surface area contributed by atoms with Crippen LogP contribution in [0.5, 0.6) is 11.5 Å². The van der Waals surface area contributed by atoms with Crippen LogP contribution in [0.1, 0.15) is 18.5 Å². The number of carbonyl (C=O) groups is 1. The summed E-state index contributed by atoms with van der Waals surface area (Å²) in [5.74, 6) is 0.681. The zero-order valence-corrected chi connectivity index (χ0v) is 13.2. The van der Waals surface area contributed by atoms with Crippen LogP contribution < -0.4 is 9.47 Å². The lowest BCUT2D eigenvalue weighted by molar-refractivity contribution is -0.129. The molecule has 2 aromatic rings. The first-order chi connectivity index (χ1) is 12.2. The molecule has 0 N–H and O–H groups in total. The Morgan fingerprint density at radius 2 is 2.08 bits per heavy atom. The van der Waals surface area contributed by atoms with Gasteiger partial charge in [-0.3, -0.25) is 9.78 Å². The minimum atomic E-state index is -2.93. The van der Waals surface area contributed by atoms with Crippen LogP contribution in [-0.4, -0.2) is 29.7 Å². The summed E-state index contributed by atoms with van der Waals surface area (Å²) < 4.78 is 39.9. The van der Waals surface area contributed by atoms with Crippen LogP contribution in [0.25, 0.3) is 11.3 Å². The van der Waals surface area contributed by atoms with Crippen LogP contribution in [0.15, 0.2) is 30.6 Å². The number of nitrogens with zero attached hydrogens (tertiary/aromatic N) is 2. The quantitative estimate of drug-likeness (QED) is 0.647. The summed E-state index contributed by atoms with van der Waals surface area (Å²) in [5, 5.41) is 0. The Kier molecular flexibility index (Phi) is 5.37. The minimum Gasteiger partial charge on any atom is -0.489 e. The van der Waals surface area contributed by atoms with E-state index in [0.29, 0.717) is 35.9 Å². The predicted octanol–water partition coefficient (Wildman–Crippen LogP) is 3.21. The number of hydrogen-bond donors (Lipinski definition) is 0. The van der Waals surface area contributed by atoms with Crippen molar-refractivity contribution in [3.05, 3.63) is 36.3 Å². The molecular formula is C17H16F2N2O4. The zero-order valence-electron chi connectivity index (χ0n) is 13.2. The van der Waals surface area contributed by atoms with Crippen molar-refractivity contribution in [1.82, 2.24) is 9.97 Å². The van der Waals surface area contributed by atoms with E-state index in [2.05, 4.69) is 19.4 Å². The van der Waals surface area contributed by atoms with Crippen molar-refractivity contribution in [3.63, 3.8) is 0 Å².